The molecule has 1 amide bonds. The molecule has 1 atom stereocenters. The van der Waals surface area contributed by atoms with Gasteiger partial charge in [-0.05, 0) is 67.1 Å². The molecule has 3 rings (SSSR count). The number of nitro benzene ring substituents is 1. The first-order valence-corrected chi connectivity index (χ1v) is 10.1. The monoisotopic (exact) mass is 479 g/mol. The van der Waals surface area contributed by atoms with Crippen LogP contribution in [0.2, 0.25) is 0 Å². The van der Waals surface area contributed by atoms with Gasteiger partial charge in [0.25, 0.3) is 11.6 Å². The van der Waals surface area contributed by atoms with E-state index in [9.17, 15) is 14.9 Å². The summed E-state index contributed by atoms with van der Waals surface area (Å²) in [5, 5.41) is 13.9. The van der Waals surface area contributed by atoms with Crippen LogP contribution in [0, 0.1) is 20.6 Å². The molecule has 0 radical (unpaired) electrons. The third-order valence-corrected chi connectivity index (χ3v) is 5.80. The Morgan fingerprint density at radius 2 is 1.89 bits per heavy atom. The van der Waals surface area contributed by atoms with Gasteiger partial charge in [0.15, 0.2) is 0 Å². The van der Waals surface area contributed by atoms with Crippen LogP contribution in [-0.4, -0.2) is 35.4 Å². The summed E-state index contributed by atoms with van der Waals surface area (Å²) in [5.74, 6) is -0.203. The second-order valence-corrected chi connectivity index (χ2v) is 7.96. The average Bonchev–Trinajstić information content (AvgIpc) is 3.17. The maximum absolute atomic E-state index is 12.6. The van der Waals surface area contributed by atoms with Gasteiger partial charge in [0.05, 0.1) is 16.5 Å². The van der Waals surface area contributed by atoms with E-state index in [4.69, 9.17) is 0 Å². The maximum atomic E-state index is 12.6. The molecule has 2 aromatic carbocycles. The first kappa shape index (κ1) is 19.8. The van der Waals surface area contributed by atoms with Crippen molar-refractivity contribution >= 4 is 34.2 Å². The number of non-ortho nitro benzene ring substituents is 1. The van der Waals surface area contributed by atoms with Crippen molar-refractivity contribution < 1.29 is 9.72 Å². The summed E-state index contributed by atoms with van der Waals surface area (Å²) in [4.78, 5) is 25.5. The number of likely N-dealkylation sites (tertiary alicyclic amines) is 1. The Bertz CT molecular complexity index is 833. The summed E-state index contributed by atoms with van der Waals surface area (Å²) in [6.45, 7) is 4.63. The molecule has 0 saturated carbocycles. The van der Waals surface area contributed by atoms with Gasteiger partial charge in [0.1, 0.15) is 0 Å². The van der Waals surface area contributed by atoms with Crippen LogP contribution in [0.25, 0.3) is 0 Å². The van der Waals surface area contributed by atoms with E-state index in [0.717, 1.165) is 13.1 Å². The van der Waals surface area contributed by atoms with E-state index >= 15 is 0 Å². The Balaban J connectivity index is 1.74. The Hall–Kier alpha value is -2.00. The zero-order valence-corrected chi connectivity index (χ0v) is 17.3. The average molecular weight is 479 g/mol. The van der Waals surface area contributed by atoms with Gasteiger partial charge in [0.2, 0.25) is 0 Å². The fourth-order valence-electron chi connectivity index (χ4n) is 3.39. The van der Waals surface area contributed by atoms with Gasteiger partial charge in [-0.2, -0.15) is 0 Å². The highest BCUT2D eigenvalue weighted by atomic mass is 127. The molecule has 1 heterocycles. The van der Waals surface area contributed by atoms with E-state index in [2.05, 4.69) is 41.4 Å². The van der Waals surface area contributed by atoms with Crippen LogP contribution in [0.4, 0.5) is 5.69 Å². The summed E-state index contributed by atoms with van der Waals surface area (Å²) in [5.41, 5.74) is 2.86. The second kappa shape index (κ2) is 8.79. The van der Waals surface area contributed by atoms with E-state index in [1.807, 2.05) is 22.6 Å². The number of amides is 1. The number of nitro groups is 1. The summed E-state index contributed by atoms with van der Waals surface area (Å²) in [6, 6.07) is 12.9. The van der Waals surface area contributed by atoms with E-state index < -0.39 is 4.92 Å². The lowest BCUT2D eigenvalue weighted by molar-refractivity contribution is -0.384. The number of nitrogens with zero attached hydrogens (tertiary/aromatic N) is 2. The highest BCUT2D eigenvalue weighted by Crippen LogP contribution is 2.25. The van der Waals surface area contributed by atoms with Crippen LogP contribution in [-0.2, 0) is 0 Å². The molecular formula is C20H22IN3O3. The molecule has 1 unspecified atom stereocenters. The number of carbonyl (C=O) groups is 1. The van der Waals surface area contributed by atoms with Crippen LogP contribution in [0.1, 0.15) is 40.4 Å². The fourth-order valence-corrected chi connectivity index (χ4v) is 4.13. The number of hydrogen-bond donors (Lipinski definition) is 1. The van der Waals surface area contributed by atoms with Crippen molar-refractivity contribution in [1.29, 1.82) is 0 Å². The summed E-state index contributed by atoms with van der Waals surface area (Å²) < 4.78 is 0.576. The minimum atomic E-state index is -0.454. The zero-order chi connectivity index (χ0) is 19.4. The van der Waals surface area contributed by atoms with Gasteiger partial charge in [-0.1, -0.05) is 29.8 Å². The zero-order valence-electron chi connectivity index (χ0n) is 15.2. The molecule has 1 N–H and O–H groups in total. The van der Waals surface area contributed by atoms with Gasteiger partial charge in [0, 0.05) is 22.2 Å². The number of halogens is 1. The lowest BCUT2D eigenvalue weighted by Gasteiger charge is -2.28. The number of carbonyl (C=O) groups excluding carboxylic acids is 1. The van der Waals surface area contributed by atoms with Gasteiger partial charge < -0.3 is 5.32 Å². The first-order chi connectivity index (χ1) is 13.0. The SMILES string of the molecule is Cc1ccc(C(CNC(=O)c2ccc([N+](=O)[O-])cc2I)N2CCCC2)cc1. The predicted molar refractivity (Wildman–Crippen MR) is 113 cm³/mol. The molecule has 1 saturated heterocycles. The van der Waals surface area contributed by atoms with Crippen molar-refractivity contribution in [2.75, 3.05) is 19.6 Å². The van der Waals surface area contributed by atoms with Gasteiger partial charge in [-0.15, -0.1) is 0 Å². The number of hydrogen-bond acceptors (Lipinski definition) is 4. The van der Waals surface area contributed by atoms with E-state index in [0.29, 0.717) is 15.7 Å². The molecular weight excluding hydrogens is 457 g/mol. The molecule has 1 aliphatic heterocycles. The summed E-state index contributed by atoms with van der Waals surface area (Å²) in [6.07, 6.45) is 2.35. The number of benzene rings is 2. The maximum Gasteiger partial charge on any atom is 0.270 e. The van der Waals surface area contributed by atoms with Crippen LogP contribution in [0.15, 0.2) is 42.5 Å². The molecule has 27 heavy (non-hydrogen) atoms. The molecule has 0 spiro atoms. The van der Waals surface area contributed by atoms with Crippen LogP contribution in [0.5, 0.6) is 0 Å². The molecule has 1 aliphatic rings. The summed E-state index contributed by atoms with van der Waals surface area (Å²) >= 11 is 1.97. The Kier molecular flexibility index (Phi) is 6.43. The minimum Gasteiger partial charge on any atom is -0.350 e. The molecule has 0 aliphatic carbocycles. The van der Waals surface area contributed by atoms with E-state index in [-0.39, 0.29) is 17.6 Å². The Morgan fingerprint density at radius 1 is 1.22 bits per heavy atom. The van der Waals surface area contributed by atoms with E-state index in [1.54, 1.807) is 0 Å². The predicted octanol–water partition coefficient (Wildman–Crippen LogP) is 4.07. The van der Waals surface area contributed by atoms with E-state index in [1.165, 1.54) is 42.2 Å². The van der Waals surface area contributed by atoms with Crippen molar-refractivity contribution in [3.05, 3.63) is 72.8 Å². The van der Waals surface area contributed by atoms with Gasteiger partial charge in [-0.25, -0.2) is 0 Å². The molecule has 2 aromatic rings. The molecule has 0 aromatic heterocycles. The van der Waals surface area contributed by atoms with Gasteiger partial charge >= 0.3 is 0 Å². The highest BCUT2D eigenvalue weighted by Gasteiger charge is 2.24. The summed E-state index contributed by atoms with van der Waals surface area (Å²) in [7, 11) is 0. The number of rotatable bonds is 6. The van der Waals surface area contributed by atoms with Crippen molar-refractivity contribution in [3.63, 3.8) is 0 Å². The number of nitrogens with one attached hydrogen (secondary N) is 1. The largest absolute Gasteiger partial charge is 0.350 e. The third kappa shape index (κ3) is 4.84. The van der Waals surface area contributed by atoms with Gasteiger partial charge in [-0.3, -0.25) is 19.8 Å². The normalized spacial score (nSPS) is 15.5. The minimum absolute atomic E-state index is 0.00875. The highest BCUT2D eigenvalue weighted by molar-refractivity contribution is 14.1. The lowest BCUT2D eigenvalue weighted by atomic mass is 10.0. The molecule has 142 valence electrons. The van der Waals surface area contributed by atoms with Crippen molar-refractivity contribution in [1.82, 2.24) is 10.2 Å². The quantitative estimate of drug-likeness (QED) is 0.385. The lowest BCUT2D eigenvalue weighted by Crippen LogP contribution is -2.37. The van der Waals surface area contributed by atoms with Crippen LogP contribution >= 0.6 is 22.6 Å². The smallest absolute Gasteiger partial charge is 0.270 e. The fraction of sp³-hybridized carbons (Fsp3) is 0.350. The van der Waals surface area contributed by atoms with Crippen LogP contribution in [0.3, 0.4) is 0 Å². The standard InChI is InChI=1S/C20H22IN3O3/c1-14-4-6-15(7-5-14)19(23-10-2-3-11-23)13-22-20(25)17-9-8-16(24(26)27)12-18(17)21/h4-9,12,19H,2-3,10-11,13H2,1H3,(H,22,25). The van der Waals surface area contributed by atoms with Crippen molar-refractivity contribution in [3.8, 4) is 0 Å². The molecule has 0 bridgehead atoms. The Morgan fingerprint density at radius 3 is 2.48 bits per heavy atom. The van der Waals surface area contributed by atoms with Crippen LogP contribution < -0.4 is 5.32 Å². The Labute approximate surface area is 172 Å². The second-order valence-electron chi connectivity index (χ2n) is 6.80. The molecule has 6 nitrogen and oxygen atoms in total. The first-order valence-electron chi connectivity index (χ1n) is 8.98. The van der Waals surface area contributed by atoms with Crippen molar-refractivity contribution in [2.45, 2.75) is 25.8 Å². The topological polar surface area (TPSA) is 75.5 Å². The third-order valence-electron chi connectivity index (χ3n) is 4.91. The molecule has 7 heteroatoms. The number of aryl methyl sites for hydroxylation is 1. The molecule has 1 fully saturated rings. The van der Waals surface area contributed by atoms with Crippen molar-refractivity contribution in [2.24, 2.45) is 0 Å².